The molecule has 0 aliphatic rings. The van der Waals surface area contributed by atoms with Gasteiger partial charge in [0.25, 0.3) is 0 Å². The van der Waals surface area contributed by atoms with E-state index in [4.69, 9.17) is 0 Å². The highest BCUT2D eigenvalue weighted by atomic mass is 19.4. The maximum absolute atomic E-state index is 12.0. The molecule has 0 bridgehead atoms. The molecular weight excluding hydrogens is 275 g/mol. The Bertz CT molecular complexity index is 596. The van der Waals surface area contributed by atoms with Gasteiger partial charge in [0.05, 0.1) is 17.6 Å². The van der Waals surface area contributed by atoms with E-state index in [9.17, 15) is 13.2 Å². The highest BCUT2D eigenvalue weighted by Gasteiger charge is 2.28. The molecule has 0 aliphatic carbocycles. The molecule has 2 heterocycles. The number of aromatic nitrogens is 4. The number of ether oxygens (including phenoxy) is 1. The van der Waals surface area contributed by atoms with Crippen LogP contribution in [0, 0.1) is 6.92 Å². The summed E-state index contributed by atoms with van der Waals surface area (Å²) >= 11 is 0. The Morgan fingerprint density at radius 2 is 2.15 bits per heavy atom. The smallest absolute Gasteiger partial charge is 0.422 e. The van der Waals surface area contributed by atoms with Gasteiger partial charge >= 0.3 is 6.18 Å². The number of aryl methyl sites for hydroxylation is 1. The number of anilines is 2. The summed E-state index contributed by atoms with van der Waals surface area (Å²) in [5, 5.41) is 6.89. The molecule has 2 aromatic heterocycles. The molecule has 1 N–H and O–H groups in total. The molecule has 0 saturated heterocycles. The molecule has 2 rings (SSSR count). The van der Waals surface area contributed by atoms with Crippen molar-refractivity contribution in [2.75, 3.05) is 11.9 Å². The van der Waals surface area contributed by atoms with Crippen molar-refractivity contribution >= 4 is 11.6 Å². The van der Waals surface area contributed by atoms with Gasteiger partial charge in [0.15, 0.2) is 6.61 Å². The first kappa shape index (κ1) is 14.1. The van der Waals surface area contributed by atoms with Crippen molar-refractivity contribution in [3.63, 3.8) is 0 Å². The van der Waals surface area contributed by atoms with Crippen LogP contribution in [0.2, 0.25) is 0 Å². The molecule has 9 heteroatoms. The van der Waals surface area contributed by atoms with Gasteiger partial charge in [-0.15, -0.1) is 0 Å². The molecule has 0 fully saturated rings. The number of nitrogens with one attached hydrogen (secondary N) is 1. The van der Waals surface area contributed by atoms with Gasteiger partial charge in [0.2, 0.25) is 11.8 Å². The lowest BCUT2D eigenvalue weighted by atomic mass is 10.4. The van der Waals surface area contributed by atoms with Crippen LogP contribution in [0.1, 0.15) is 5.69 Å². The van der Waals surface area contributed by atoms with Crippen molar-refractivity contribution in [3.8, 4) is 5.88 Å². The van der Waals surface area contributed by atoms with E-state index in [2.05, 4.69) is 25.1 Å². The quantitative estimate of drug-likeness (QED) is 0.934. The van der Waals surface area contributed by atoms with Crippen LogP contribution in [-0.4, -0.2) is 32.5 Å². The fraction of sp³-hybridized carbons (Fsp3) is 0.364. The molecule has 6 nitrogen and oxygen atoms in total. The van der Waals surface area contributed by atoms with E-state index in [0.29, 0.717) is 5.69 Å². The molecule has 0 unspecified atom stereocenters. The maximum Gasteiger partial charge on any atom is 0.422 e. The second kappa shape index (κ2) is 5.35. The second-order valence-corrected chi connectivity index (χ2v) is 4.01. The molecule has 0 aliphatic heterocycles. The Labute approximate surface area is 112 Å². The zero-order chi connectivity index (χ0) is 14.8. The van der Waals surface area contributed by atoms with E-state index >= 15 is 0 Å². The molecule has 2 aromatic rings. The number of hydrogen-bond acceptors (Lipinski definition) is 5. The van der Waals surface area contributed by atoms with Gasteiger partial charge in [-0.1, -0.05) is 0 Å². The first-order valence-electron chi connectivity index (χ1n) is 5.63. The summed E-state index contributed by atoms with van der Waals surface area (Å²) in [6.07, 6.45) is -1.52. The van der Waals surface area contributed by atoms with E-state index in [1.54, 1.807) is 17.9 Å². The van der Waals surface area contributed by atoms with Crippen LogP contribution < -0.4 is 10.1 Å². The Hall–Kier alpha value is -2.32. The van der Waals surface area contributed by atoms with Crippen molar-refractivity contribution < 1.29 is 17.9 Å². The largest absolute Gasteiger partial charge is 0.468 e. The monoisotopic (exact) mass is 287 g/mol. The molecule has 0 amide bonds. The van der Waals surface area contributed by atoms with Gasteiger partial charge in [0, 0.05) is 19.3 Å². The average molecular weight is 287 g/mol. The standard InChI is InChI=1S/C11H12F3N5O/c1-7-8(5-16-19(7)2)17-10-15-4-3-9(18-10)20-6-11(12,13)14/h3-5H,6H2,1-2H3,(H,15,17,18). The summed E-state index contributed by atoms with van der Waals surface area (Å²) in [6.45, 7) is 0.439. The molecule has 20 heavy (non-hydrogen) atoms. The van der Waals surface area contributed by atoms with E-state index in [0.717, 1.165) is 5.69 Å². The van der Waals surface area contributed by atoms with E-state index in [-0.39, 0.29) is 11.8 Å². The third-order valence-electron chi connectivity index (χ3n) is 2.50. The fourth-order valence-corrected chi connectivity index (χ4v) is 1.38. The summed E-state index contributed by atoms with van der Waals surface area (Å²) in [7, 11) is 1.77. The predicted octanol–water partition coefficient (Wildman–Crippen LogP) is 2.20. The predicted molar refractivity (Wildman–Crippen MR) is 64.8 cm³/mol. The van der Waals surface area contributed by atoms with Crippen molar-refractivity contribution in [2.45, 2.75) is 13.1 Å². The highest BCUT2D eigenvalue weighted by molar-refractivity contribution is 5.55. The average Bonchev–Trinajstić information content (AvgIpc) is 2.68. The van der Waals surface area contributed by atoms with Crippen LogP contribution in [0.3, 0.4) is 0 Å². The summed E-state index contributed by atoms with van der Waals surface area (Å²) < 4.78 is 42.3. The Morgan fingerprint density at radius 3 is 2.75 bits per heavy atom. The third-order valence-corrected chi connectivity index (χ3v) is 2.50. The molecular formula is C11H12F3N5O. The van der Waals surface area contributed by atoms with Gasteiger partial charge in [-0.2, -0.15) is 23.3 Å². The number of alkyl halides is 3. The molecule has 0 aromatic carbocycles. The second-order valence-electron chi connectivity index (χ2n) is 4.01. The van der Waals surface area contributed by atoms with Crippen LogP contribution in [0.25, 0.3) is 0 Å². The topological polar surface area (TPSA) is 64.9 Å². The van der Waals surface area contributed by atoms with Crippen molar-refractivity contribution in [1.82, 2.24) is 19.7 Å². The summed E-state index contributed by atoms with van der Waals surface area (Å²) in [6, 6.07) is 1.26. The lowest BCUT2D eigenvalue weighted by Crippen LogP contribution is -2.19. The summed E-state index contributed by atoms with van der Waals surface area (Å²) in [5.74, 6) is -0.0119. The Morgan fingerprint density at radius 1 is 1.40 bits per heavy atom. The van der Waals surface area contributed by atoms with Gasteiger partial charge < -0.3 is 10.1 Å². The Kier molecular flexibility index (Phi) is 3.77. The van der Waals surface area contributed by atoms with Crippen LogP contribution >= 0.6 is 0 Å². The zero-order valence-electron chi connectivity index (χ0n) is 10.8. The fourth-order valence-electron chi connectivity index (χ4n) is 1.38. The maximum atomic E-state index is 12.0. The van der Waals surface area contributed by atoms with Crippen molar-refractivity contribution in [3.05, 3.63) is 24.2 Å². The first-order chi connectivity index (χ1) is 9.35. The number of halogens is 3. The molecule has 108 valence electrons. The van der Waals surface area contributed by atoms with Crippen LogP contribution in [-0.2, 0) is 7.05 Å². The molecule has 0 radical (unpaired) electrons. The minimum absolute atomic E-state index is 0.140. The van der Waals surface area contributed by atoms with Crippen molar-refractivity contribution in [2.24, 2.45) is 7.05 Å². The van der Waals surface area contributed by atoms with Gasteiger partial charge in [-0.3, -0.25) is 4.68 Å². The van der Waals surface area contributed by atoms with Gasteiger partial charge in [-0.05, 0) is 6.92 Å². The Balaban J connectivity index is 2.08. The highest BCUT2D eigenvalue weighted by Crippen LogP contribution is 2.20. The molecule has 0 atom stereocenters. The molecule has 0 spiro atoms. The minimum Gasteiger partial charge on any atom is -0.468 e. The summed E-state index contributed by atoms with van der Waals surface area (Å²) in [5.41, 5.74) is 1.51. The first-order valence-corrected chi connectivity index (χ1v) is 5.63. The van der Waals surface area contributed by atoms with E-state index < -0.39 is 12.8 Å². The number of rotatable bonds is 4. The SMILES string of the molecule is Cc1c(Nc2nccc(OCC(F)(F)F)n2)cnn1C. The third kappa shape index (κ3) is 3.59. The normalized spacial score (nSPS) is 11.4. The molecule has 0 saturated carbocycles. The van der Waals surface area contributed by atoms with Crippen LogP contribution in [0.5, 0.6) is 5.88 Å². The van der Waals surface area contributed by atoms with Gasteiger partial charge in [-0.25, -0.2) is 4.98 Å². The summed E-state index contributed by atoms with van der Waals surface area (Å²) in [4.78, 5) is 7.75. The zero-order valence-corrected chi connectivity index (χ0v) is 10.8. The van der Waals surface area contributed by atoms with Crippen molar-refractivity contribution in [1.29, 1.82) is 0 Å². The number of nitrogens with zero attached hydrogens (tertiary/aromatic N) is 4. The van der Waals surface area contributed by atoms with E-state index in [1.807, 2.05) is 6.92 Å². The van der Waals surface area contributed by atoms with Crippen LogP contribution in [0.4, 0.5) is 24.8 Å². The lowest BCUT2D eigenvalue weighted by Gasteiger charge is -2.09. The minimum atomic E-state index is -4.40. The lowest BCUT2D eigenvalue weighted by molar-refractivity contribution is -0.154. The van der Waals surface area contributed by atoms with E-state index in [1.165, 1.54) is 12.3 Å². The van der Waals surface area contributed by atoms with Crippen LogP contribution in [0.15, 0.2) is 18.5 Å². The van der Waals surface area contributed by atoms with Gasteiger partial charge in [0.1, 0.15) is 0 Å². The number of hydrogen-bond donors (Lipinski definition) is 1.